The summed E-state index contributed by atoms with van der Waals surface area (Å²) in [5.41, 5.74) is 7.34. The van der Waals surface area contributed by atoms with Gasteiger partial charge in [0, 0.05) is 23.1 Å². The van der Waals surface area contributed by atoms with Gasteiger partial charge in [-0.2, -0.15) is 0 Å². The molecule has 0 saturated carbocycles. The summed E-state index contributed by atoms with van der Waals surface area (Å²) < 4.78 is 5.46. The average molecular weight is 471 g/mol. The molecule has 35 heavy (non-hydrogen) atoms. The van der Waals surface area contributed by atoms with E-state index in [1.807, 2.05) is 32.9 Å². The van der Waals surface area contributed by atoms with Crippen molar-refractivity contribution in [2.45, 2.75) is 32.7 Å². The predicted octanol–water partition coefficient (Wildman–Crippen LogP) is 1.70. The maximum absolute atomic E-state index is 12.9. The first kappa shape index (κ1) is 23.8. The Balaban J connectivity index is 1.70. The number of aromatic amines is 2. The first-order valence-electron chi connectivity index (χ1n) is 11.1. The molecule has 4 N–H and O–H groups in total. The second kappa shape index (κ2) is 9.52. The van der Waals surface area contributed by atoms with Crippen LogP contribution in [0.5, 0.6) is 0 Å². The number of aromatic nitrogens is 3. The van der Waals surface area contributed by atoms with Crippen molar-refractivity contribution in [3.05, 3.63) is 120 Å². The fourth-order valence-corrected chi connectivity index (χ4v) is 3.65. The summed E-state index contributed by atoms with van der Waals surface area (Å²) >= 11 is 0. The lowest BCUT2D eigenvalue weighted by Gasteiger charge is -2.14. The van der Waals surface area contributed by atoms with E-state index in [-0.39, 0.29) is 21.9 Å². The van der Waals surface area contributed by atoms with Crippen LogP contribution in [0.3, 0.4) is 0 Å². The highest BCUT2D eigenvalue weighted by atomic mass is 16.3. The molecule has 0 amide bonds. The van der Waals surface area contributed by atoms with Crippen molar-refractivity contribution in [1.29, 1.82) is 0 Å². The van der Waals surface area contributed by atoms with Gasteiger partial charge in [-0.15, -0.1) is 0 Å². The third kappa shape index (κ3) is 5.28. The number of benzene rings is 2. The Morgan fingerprint density at radius 3 is 2.26 bits per heavy atom. The summed E-state index contributed by atoms with van der Waals surface area (Å²) in [5.74, 6) is 0.450. The van der Waals surface area contributed by atoms with E-state index >= 15 is 0 Å². The molecule has 4 rings (SSSR count). The molecule has 0 spiro atoms. The molecule has 178 valence electrons. The summed E-state index contributed by atoms with van der Waals surface area (Å²) in [6.45, 7) is 6.29. The summed E-state index contributed by atoms with van der Waals surface area (Å²) in [6, 6.07) is 13.9. The number of nitrogens with zero attached hydrogens (tertiary/aromatic N) is 1. The van der Waals surface area contributed by atoms with Crippen LogP contribution in [-0.2, 0) is 12.0 Å². The van der Waals surface area contributed by atoms with Crippen LogP contribution in [-0.4, -0.2) is 20.7 Å². The van der Waals surface area contributed by atoms with Gasteiger partial charge in [0.25, 0.3) is 11.1 Å². The minimum Gasteiger partial charge on any atom is -0.447 e. The van der Waals surface area contributed by atoms with Gasteiger partial charge in [0.1, 0.15) is 22.2 Å². The minimum absolute atomic E-state index is 0.0661. The van der Waals surface area contributed by atoms with Crippen LogP contribution in [0.4, 0.5) is 0 Å². The number of hydrogen-bond donors (Lipinski definition) is 3. The summed E-state index contributed by atoms with van der Waals surface area (Å²) in [7, 11) is 0. The number of carbonyl (C=O) groups is 1. The number of hydrogen-bond acceptors (Lipinski definition) is 6. The SMILES string of the molecule is CC(C)(C)c1ocnc1C=c1[nH]c(=O)c(=Cc2cccc(C(=O)c3ccc(CN)cc3)c2)[nH]c1=O. The van der Waals surface area contributed by atoms with Crippen molar-refractivity contribution in [2.75, 3.05) is 0 Å². The molecule has 8 heteroatoms. The van der Waals surface area contributed by atoms with Gasteiger partial charge < -0.3 is 20.1 Å². The van der Waals surface area contributed by atoms with Gasteiger partial charge in [-0.3, -0.25) is 14.4 Å². The maximum atomic E-state index is 12.9. The lowest BCUT2D eigenvalue weighted by molar-refractivity contribution is 0.103. The van der Waals surface area contributed by atoms with E-state index in [1.165, 1.54) is 18.5 Å². The Labute approximate surface area is 200 Å². The van der Waals surface area contributed by atoms with E-state index in [1.54, 1.807) is 36.4 Å². The molecule has 0 bridgehead atoms. The van der Waals surface area contributed by atoms with Crippen molar-refractivity contribution in [2.24, 2.45) is 5.73 Å². The molecule has 0 unspecified atom stereocenters. The molecule has 2 aromatic carbocycles. The van der Waals surface area contributed by atoms with Gasteiger partial charge in [-0.25, -0.2) is 4.98 Å². The summed E-state index contributed by atoms with van der Waals surface area (Å²) in [5, 5.41) is 0.136. The van der Waals surface area contributed by atoms with Crippen molar-refractivity contribution >= 4 is 17.9 Å². The molecule has 0 aliphatic carbocycles. The van der Waals surface area contributed by atoms with Crippen molar-refractivity contribution in [3.8, 4) is 0 Å². The Morgan fingerprint density at radius 2 is 1.63 bits per heavy atom. The lowest BCUT2D eigenvalue weighted by Crippen LogP contribution is -2.46. The molecule has 2 aromatic heterocycles. The van der Waals surface area contributed by atoms with Crippen LogP contribution >= 0.6 is 0 Å². The normalized spacial score (nSPS) is 12.8. The van der Waals surface area contributed by atoms with Gasteiger partial charge in [-0.1, -0.05) is 63.2 Å². The number of rotatable bonds is 5. The van der Waals surface area contributed by atoms with Crippen LogP contribution in [0.2, 0.25) is 0 Å². The number of H-pyrrole nitrogens is 2. The third-order valence-corrected chi connectivity index (χ3v) is 5.45. The zero-order chi connectivity index (χ0) is 25.2. The number of ketones is 1. The minimum atomic E-state index is -0.481. The molecule has 0 radical (unpaired) electrons. The topological polar surface area (TPSA) is 135 Å². The molecular formula is C27H26N4O4. The van der Waals surface area contributed by atoms with Crippen LogP contribution in [0.25, 0.3) is 12.2 Å². The van der Waals surface area contributed by atoms with Gasteiger partial charge in [-0.05, 0) is 29.3 Å². The first-order chi connectivity index (χ1) is 16.7. The van der Waals surface area contributed by atoms with Crippen LogP contribution in [0.15, 0.2) is 68.9 Å². The molecule has 0 aliphatic heterocycles. The Bertz CT molecular complexity index is 1620. The van der Waals surface area contributed by atoms with Crippen molar-refractivity contribution < 1.29 is 9.21 Å². The largest absolute Gasteiger partial charge is 0.447 e. The van der Waals surface area contributed by atoms with E-state index in [2.05, 4.69) is 15.0 Å². The highest BCUT2D eigenvalue weighted by Crippen LogP contribution is 2.25. The van der Waals surface area contributed by atoms with Crippen molar-refractivity contribution in [1.82, 2.24) is 15.0 Å². The number of carbonyl (C=O) groups excluding carboxylic acids is 1. The van der Waals surface area contributed by atoms with E-state index in [0.29, 0.717) is 34.7 Å². The van der Waals surface area contributed by atoms with Crippen molar-refractivity contribution in [3.63, 3.8) is 0 Å². The zero-order valence-electron chi connectivity index (χ0n) is 19.7. The smallest absolute Gasteiger partial charge is 0.272 e. The monoisotopic (exact) mass is 470 g/mol. The summed E-state index contributed by atoms with van der Waals surface area (Å²) in [4.78, 5) is 47.7. The van der Waals surface area contributed by atoms with E-state index < -0.39 is 11.1 Å². The molecule has 2 heterocycles. The Hall–Kier alpha value is -4.30. The maximum Gasteiger partial charge on any atom is 0.272 e. The summed E-state index contributed by atoms with van der Waals surface area (Å²) in [6.07, 6.45) is 4.32. The Morgan fingerprint density at radius 1 is 0.971 bits per heavy atom. The predicted molar refractivity (Wildman–Crippen MR) is 133 cm³/mol. The average Bonchev–Trinajstić information content (AvgIpc) is 3.31. The van der Waals surface area contributed by atoms with Crippen LogP contribution in [0, 0.1) is 0 Å². The second-order valence-electron chi connectivity index (χ2n) is 9.20. The molecule has 0 atom stereocenters. The fraction of sp³-hybridized carbons (Fsp3) is 0.185. The number of oxazole rings is 1. The highest BCUT2D eigenvalue weighted by Gasteiger charge is 2.22. The molecule has 4 aromatic rings. The lowest BCUT2D eigenvalue weighted by atomic mass is 9.92. The molecular weight excluding hydrogens is 444 g/mol. The van der Waals surface area contributed by atoms with Gasteiger partial charge in [0.15, 0.2) is 12.2 Å². The van der Waals surface area contributed by atoms with E-state index in [9.17, 15) is 14.4 Å². The first-order valence-corrected chi connectivity index (χ1v) is 11.1. The Kier molecular flexibility index (Phi) is 6.48. The van der Waals surface area contributed by atoms with Crippen LogP contribution < -0.4 is 27.6 Å². The number of nitrogens with one attached hydrogen (secondary N) is 2. The molecule has 0 fully saturated rings. The van der Waals surface area contributed by atoms with Gasteiger partial charge >= 0.3 is 0 Å². The number of nitrogens with two attached hydrogens (primary N) is 1. The molecule has 8 nitrogen and oxygen atoms in total. The second-order valence-corrected chi connectivity index (χ2v) is 9.20. The van der Waals surface area contributed by atoms with Gasteiger partial charge in [0.05, 0.1) is 0 Å². The van der Waals surface area contributed by atoms with Gasteiger partial charge in [0.2, 0.25) is 0 Å². The van der Waals surface area contributed by atoms with E-state index in [0.717, 1.165) is 5.56 Å². The standard InChI is InChI=1S/C27H26N4O4/c1-27(2,3)24-20(29-15-35-24)13-22-26(34)30-21(25(33)31-22)12-17-5-4-6-19(11-17)23(32)18-9-7-16(14-28)8-10-18/h4-13,15H,14,28H2,1-3H3,(H,30,34)(H,31,33). The zero-order valence-corrected chi connectivity index (χ0v) is 19.7. The van der Waals surface area contributed by atoms with E-state index in [4.69, 9.17) is 10.2 Å². The molecule has 0 aliphatic rings. The fourth-order valence-electron chi connectivity index (χ4n) is 3.65. The highest BCUT2D eigenvalue weighted by molar-refractivity contribution is 6.09. The third-order valence-electron chi connectivity index (χ3n) is 5.45. The van der Waals surface area contributed by atoms with Crippen LogP contribution in [0.1, 0.15) is 59.3 Å². The molecule has 0 saturated heterocycles. The quantitative estimate of drug-likeness (QED) is 0.380.